The van der Waals surface area contributed by atoms with Crippen LogP contribution in [0.4, 0.5) is 5.69 Å². The fraction of sp³-hybridized carbons (Fsp3) is 0.333. The van der Waals surface area contributed by atoms with Crippen molar-refractivity contribution in [1.29, 1.82) is 0 Å². The fourth-order valence-electron chi connectivity index (χ4n) is 1.97. The summed E-state index contributed by atoms with van der Waals surface area (Å²) in [7, 11) is 3.11. The van der Waals surface area contributed by atoms with Gasteiger partial charge in [-0.1, -0.05) is 12.1 Å². The molecule has 1 aromatic carbocycles. The van der Waals surface area contributed by atoms with Crippen LogP contribution in [0, 0.1) is 0 Å². The standard InChI is InChI=1S/C12H13ClN2O4S/c1-14-6-12(17)15(7-11(14)16)10-4-2-3-9(5-10)8-20(13,18)19/h2-5H,6-8H2,1H3. The molecule has 0 aromatic heterocycles. The van der Waals surface area contributed by atoms with E-state index in [1.165, 1.54) is 9.80 Å². The number of halogens is 1. The summed E-state index contributed by atoms with van der Waals surface area (Å²) in [6.07, 6.45) is 0. The van der Waals surface area contributed by atoms with E-state index in [0.29, 0.717) is 11.3 Å². The molecule has 1 aliphatic heterocycles. The number of amides is 2. The molecule has 0 N–H and O–H groups in total. The zero-order valence-electron chi connectivity index (χ0n) is 10.7. The second-order valence-electron chi connectivity index (χ2n) is 4.58. The molecule has 2 amide bonds. The Hall–Kier alpha value is -1.60. The molecule has 0 aliphatic carbocycles. The molecule has 0 radical (unpaired) electrons. The van der Waals surface area contributed by atoms with Gasteiger partial charge in [0, 0.05) is 23.4 Å². The van der Waals surface area contributed by atoms with E-state index in [2.05, 4.69) is 0 Å². The van der Waals surface area contributed by atoms with Crippen molar-refractivity contribution in [3.05, 3.63) is 29.8 Å². The van der Waals surface area contributed by atoms with Crippen molar-refractivity contribution in [2.24, 2.45) is 0 Å². The lowest BCUT2D eigenvalue weighted by Gasteiger charge is -2.31. The number of nitrogens with zero attached hydrogens (tertiary/aromatic N) is 2. The van der Waals surface area contributed by atoms with Crippen LogP contribution in [0.5, 0.6) is 0 Å². The zero-order valence-corrected chi connectivity index (χ0v) is 12.3. The molecule has 108 valence electrons. The van der Waals surface area contributed by atoms with Gasteiger partial charge in [-0.15, -0.1) is 0 Å². The van der Waals surface area contributed by atoms with Gasteiger partial charge in [0.1, 0.15) is 6.54 Å². The number of carbonyl (C=O) groups excluding carboxylic acids is 2. The molecule has 8 heteroatoms. The Bertz CT molecular complexity index is 659. The van der Waals surface area contributed by atoms with Gasteiger partial charge in [-0.2, -0.15) is 0 Å². The van der Waals surface area contributed by atoms with E-state index in [1.807, 2.05) is 0 Å². The van der Waals surface area contributed by atoms with Crippen molar-refractivity contribution in [2.75, 3.05) is 25.0 Å². The molecule has 0 spiro atoms. The number of piperazine rings is 1. The molecule has 1 heterocycles. The Labute approximate surface area is 121 Å². The number of rotatable bonds is 3. The Morgan fingerprint density at radius 3 is 2.55 bits per heavy atom. The first kappa shape index (κ1) is 14.8. The molecular formula is C12H13ClN2O4S. The van der Waals surface area contributed by atoms with E-state index in [0.717, 1.165) is 0 Å². The third kappa shape index (κ3) is 3.49. The molecule has 0 saturated carbocycles. The third-order valence-electron chi connectivity index (χ3n) is 2.95. The Morgan fingerprint density at radius 1 is 1.20 bits per heavy atom. The second kappa shape index (κ2) is 5.41. The summed E-state index contributed by atoms with van der Waals surface area (Å²) >= 11 is 0. The van der Waals surface area contributed by atoms with Gasteiger partial charge in [0.25, 0.3) is 0 Å². The van der Waals surface area contributed by atoms with Gasteiger partial charge in [0.2, 0.25) is 20.9 Å². The third-order valence-corrected chi connectivity index (χ3v) is 3.96. The van der Waals surface area contributed by atoms with Crippen molar-refractivity contribution in [3.8, 4) is 0 Å². The van der Waals surface area contributed by atoms with Gasteiger partial charge in [0.15, 0.2) is 0 Å². The molecule has 0 unspecified atom stereocenters. The first-order chi connectivity index (χ1) is 9.26. The second-order valence-corrected chi connectivity index (χ2v) is 7.36. The maximum Gasteiger partial charge on any atom is 0.247 e. The van der Waals surface area contributed by atoms with E-state index in [4.69, 9.17) is 10.7 Å². The van der Waals surface area contributed by atoms with Gasteiger partial charge < -0.3 is 9.80 Å². The summed E-state index contributed by atoms with van der Waals surface area (Å²) in [6.45, 7) is -0.0384. The lowest BCUT2D eigenvalue weighted by molar-refractivity contribution is -0.136. The number of likely N-dealkylation sites (N-methyl/N-ethyl adjacent to an activating group) is 1. The molecule has 1 aromatic rings. The minimum absolute atomic E-state index is 0.0108. The summed E-state index contributed by atoms with van der Waals surface area (Å²) < 4.78 is 22.1. The molecule has 6 nitrogen and oxygen atoms in total. The first-order valence-electron chi connectivity index (χ1n) is 5.82. The normalized spacial score (nSPS) is 16.7. The van der Waals surface area contributed by atoms with Crippen LogP contribution in [0.1, 0.15) is 5.56 Å². The largest absolute Gasteiger partial charge is 0.335 e. The van der Waals surface area contributed by atoms with E-state index in [9.17, 15) is 18.0 Å². The van der Waals surface area contributed by atoms with Crippen LogP contribution in [0.15, 0.2) is 24.3 Å². The van der Waals surface area contributed by atoms with Gasteiger partial charge in [-0.25, -0.2) is 8.42 Å². The van der Waals surface area contributed by atoms with Gasteiger partial charge in [-0.3, -0.25) is 9.59 Å². The molecule has 20 heavy (non-hydrogen) atoms. The van der Waals surface area contributed by atoms with E-state index < -0.39 is 9.05 Å². The number of hydrogen-bond acceptors (Lipinski definition) is 4. The molecule has 1 fully saturated rings. The van der Waals surface area contributed by atoms with Crippen LogP contribution in [-0.4, -0.2) is 45.3 Å². The average Bonchev–Trinajstić information content (AvgIpc) is 2.32. The highest BCUT2D eigenvalue weighted by molar-refractivity contribution is 8.13. The highest BCUT2D eigenvalue weighted by Crippen LogP contribution is 2.21. The minimum Gasteiger partial charge on any atom is -0.335 e. The van der Waals surface area contributed by atoms with Crippen LogP contribution >= 0.6 is 10.7 Å². The molecule has 1 aliphatic rings. The lowest BCUT2D eigenvalue weighted by Crippen LogP contribution is -2.52. The lowest BCUT2D eigenvalue weighted by atomic mass is 10.2. The van der Waals surface area contributed by atoms with Gasteiger partial charge >= 0.3 is 0 Å². The van der Waals surface area contributed by atoms with E-state index in [1.54, 1.807) is 31.3 Å². The van der Waals surface area contributed by atoms with Crippen LogP contribution in [-0.2, 0) is 24.4 Å². The maximum atomic E-state index is 11.9. The van der Waals surface area contributed by atoms with Crippen molar-refractivity contribution in [2.45, 2.75) is 5.75 Å². The Kier molecular flexibility index (Phi) is 4.01. The van der Waals surface area contributed by atoms with E-state index >= 15 is 0 Å². The first-order valence-corrected chi connectivity index (χ1v) is 8.30. The number of hydrogen-bond donors (Lipinski definition) is 0. The number of benzene rings is 1. The number of carbonyl (C=O) groups is 2. The summed E-state index contributed by atoms with van der Waals surface area (Å²) in [5, 5.41) is 0. The quantitative estimate of drug-likeness (QED) is 0.764. The highest BCUT2D eigenvalue weighted by Gasteiger charge is 2.28. The van der Waals surface area contributed by atoms with Crippen molar-refractivity contribution in [1.82, 2.24) is 4.90 Å². The van der Waals surface area contributed by atoms with Crippen LogP contribution in [0.25, 0.3) is 0 Å². The smallest absolute Gasteiger partial charge is 0.247 e. The summed E-state index contributed by atoms with van der Waals surface area (Å²) in [5.41, 5.74) is 0.964. The van der Waals surface area contributed by atoms with Crippen LogP contribution in [0.3, 0.4) is 0 Å². The van der Waals surface area contributed by atoms with Crippen molar-refractivity contribution < 1.29 is 18.0 Å². The molecular weight excluding hydrogens is 304 g/mol. The minimum atomic E-state index is -3.66. The van der Waals surface area contributed by atoms with Crippen LogP contribution < -0.4 is 4.90 Å². The summed E-state index contributed by atoms with van der Waals surface area (Å²) in [6, 6.07) is 6.44. The molecule has 1 saturated heterocycles. The SMILES string of the molecule is CN1CC(=O)N(c2cccc(CS(=O)(=O)Cl)c2)CC1=O. The molecule has 2 rings (SSSR count). The van der Waals surface area contributed by atoms with E-state index in [-0.39, 0.29) is 30.7 Å². The number of anilines is 1. The molecule has 0 atom stereocenters. The highest BCUT2D eigenvalue weighted by atomic mass is 35.7. The monoisotopic (exact) mass is 316 g/mol. The molecule has 0 bridgehead atoms. The van der Waals surface area contributed by atoms with Gasteiger partial charge in [0.05, 0.1) is 12.3 Å². The predicted molar refractivity (Wildman–Crippen MR) is 74.9 cm³/mol. The van der Waals surface area contributed by atoms with Gasteiger partial charge in [-0.05, 0) is 17.7 Å². The summed E-state index contributed by atoms with van der Waals surface area (Å²) in [5.74, 6) is -0.698. The van der Waals surface area contributed by atoms with Crippen molar-refractivity contribution in [3.63, 3.8) is 0 Å². The predicted octanol–water partition coefficient (Wildman–Crippen LogP) is 0.560. The van der Waals surface area contributed by atoms with Crippen molar-refractivity contribution >= 4 is 37.2 Å². The summed E-state index contributed by atoms with van der Waals surface area (Å²) in [4.78, 5) is 26.3. The fourth-order valence-corrected chi connectivity index (χ4v) is 2.92. The van der Waals surface area contributed by atoms with Crippen LogP contribution in [0.2, 0.25) is 0 Å². The Balaban J connectivity index is 2.27. The zero-order chi connectivity index (χ0) is 14.9. The topological polar surface area (TPSA) is 74.8 Å². The Morgan fingerprint density at radius 2 is 1.90 bits per heavy atom. The average molecular weight is 317 g/mol. The maximum absolute atomic E-state index is 11.9.